The van der Waals surface area contributed by atoms with Gasteiger partial charge in [-0.15, -0.1) is 11.3 Å². The van der Waals surface area contributed by atoms with Crippen molar-refractivity contribution in [1.29, 1.82) is 0 Å². The molecule has 1 fully saturated rings. The molecule has 0 aromatic carbocycles. The molecule has 0 aliphatic heterocycles. The molecule has 0 radical (unpaired) electrons. The van der Waals surface area contributed by atoms with Gasteiger partial charge < -0.3 is 19.9 Å². The van der Waals surface area contributed by atoms with Gasteiger partial charge in [0.25, 0.3) is 5.91 Å². The number of aromatic nitrogens is 2. The predicted molar refractivity (Wildman–Crippen MR) is 91.1 cm³/mol. The maximum atomic E-state index is 12.7. The SMILES string of the molecule is COCc1nc(OC)c2c(C)c(C(=O)NC3(C(=O)O)CCC3)sc2n1. The van der Waals surface area contributed by atoms with Gasteiger partial charge in [-0.1, -0.05) is 0 Å². The first-order valence-electron chi connectivity index (χ1n) is 7.80. The highest BCUT2D eigenvalue weighted by Crippen LogP contribution is 2.37. The summed E-state index contributed by atoms with van der Waals surface area (Å²) in [5.74, 6) is -0.564. The number of carboxylic acids is 1. The van der Waals surface area contributed by atoms with E-state index in [0.29, 0.717) is 45.2 Å². The molecule has 8 nitrogen and oxygen atoms in total. The molecule has 0 bridgehead atoms. The summed E-state index contributed by atoms with van der Waals surface area (Å²) in [6.07, 6.45) is 1.68. The summed E-state index contributed by atoms with van der Waals surface area (Å²) in [5.41, 5.74) is -0.477. The molecule has 2 aromatic rings. The zero-order chi connectivity index (χ0) is 18.2. The molecule has 1 saturated carbocycles. The van der Waals surface area contributed by atoms with Crippen molar-refractivity contribution in [2.24, 2.45) is 0 Å². The summed E-state index contributed by atoms with van der Waals surface area (Å²) < 4.78 is 10.4. The number of hydrogen-bond acceptors (Lipinski definition) is 7. The minimum absolute atomic E-state index is 0.229. The van der Waals surface area contributed by atoms with E-state index in [4.69, 9.17) is 9.47 Å². The number of amides is 1. The van der Waals surface area contributed by atoms with Gasteiger partial charge >= 0.3 is 5.97 Å². The number of rotatable bonds is 6. The quantitative estimate of drug-likeness (QED) is 0.804. The van der Waals surface area contributed by atoms with E-state index in [1.165, 1.54) is 18.4 Å². The normalized spacial score (nSPS) is 15.6. The summed E-state index contributed by atoms with van der Waals surface area (Å²) in [6, 6.07) is 0. The molecule has 2 N–H and O–H groups in total. The number of aryl methyl sites for hydroxylation is 1. The van der Waals surface area contributed by atoms with Gasteiger partial charge in [-0.2, -0.15) is 4.98 Å². The molecule has 0 unspecified atom stereocenters. The highest BCUT2D eigenvalue weighted by atomic mass is 32.1. The van der Waals surface area contributed by atoms with Gasteiger partial charge in [-0.05, 0) is 31.7 Å². The fraction of sp³-hybridized carbons (Fsp3) is 0.500. The largest absolute Gasteiger partial charge is 0.480 e. The molecule has 1 amide bonds. The fourth-order valence-corrected chi connectivity index (χ4v) is 3.98. The van der Waals surface area contributed by atoms with Gasteiger partial charge in [0, 0.05) is 7.11 Å². The first-order chi connectivity index (χ1) is 11.9. The van der Waals surface area contributed by atoms with Crippen LogP contribution in [0.1, 0.15) is 40.3 Å². The number of carboxylic acid groups (broad SMARTS) is 1. The van der Waals surface area contributed by atoms with Gasteiger partial charge in [0.05, 0.1) is 17.4 Å². The van der Waals surface area contributed by atoms with Gasteiger partial charge in [-0.25, -0.2) is 9.78 Å². The number of carbonyl (C=O) groups is 2. The second-order valence-electron chi connectivity index (χ2n) is 6.01. The number of nitrogens with one attached hydrogen (secondary N) is 1. The van der Waals surface area contributed by atoms with Crippen LogP contribution < -0.4 is 10.1 Å². The number of nitrogens with zero attached hydrogens (tertiary/aromatic N) is 2. The molecule has 25 heavy (non-hydrogen) atoms. The van der Waals surface area contributed by atoms with Crippen molar-refractivity contribution < 1.29 is 24.2 Å². The van der Waals surface area contributed by atoms with E-state index in [1.807, 2.05) is 0 Å². The Morgan fingerprint density at radius 1 is 1.32 bits per heavy atom. The summed E-state index contributed by atoms with van der Waals surface area (Å²) in [7, 11) is 3.05. The summed E-state index contributed by atoms with van der Waals surface area (Å²) in [6.45, 7) is 2.01. The number of hydrogen-bond donors (Lipinski definition) is 2. The van der Waals surface area contributed by atoms with Crippen LogP contribution in [0.25, 0.3) is 10.2 Å². The van der Waals surface area contributed by atoms with E-state index in [0.717, 1.165) is 6.42 Å². The molecule has 0 atom stereocenters. The Labute approximate surface area is 148 Å². The lowest BCUT2D eigenvalue weighted by Crippen LogP contribution is -2.59. The van der Waals surface area contributed by atoms with Crippen LogP contribution in [0.2, 0.25) is 0 Å². The summed E-state index contributed by atoms with van der Waals surface area (Å²) in [4.78, 5) is 33.9. The Kier molecular flexibility index (Phi) is 4.61. The van der Waals surface area contributed by atoms with Crippen LogP contribution in [0.3, 0.4) is 0 Å². The summed E-state index contributed by atoms with van der Waals surface area (Å²) >= 11 is 1.20. The fourth-order valence-electron chi connectivity index (χ4n) is 2.90. The molecular weight excluding hydrogens is 346 g/mol. The molecule has 3 rings (SSSR count). The predicted octanol–water partition coefficient (Wildman–Crippen LogP) is 1.89. The third kappa shape index (κ3) is 2.93. The molecule has 9 heteroatoms. The van der Waals surface area contributed by atoms with Crippen LogP contribution in [0.4, 0.5) is 0 Å². The average molecular weight is 365 g/mol. The molecule has 2 heterocycles. The van der Waals surface area contributed by atoms with Crippen molar-refractivity contribution in [3.8, 4) is 5.88 Å². The highest BCUT2D eigenvalue weighted by Gasteiger charge is 2.46. The van der Waals surface area contributed by atoms with E-state index in [-0.39, 0.29) is 6.61 Å². The number of aliphatic carboxylic acids is 1. The molecular formula is C16H19N3O5S. The second kappa shape index (κ2) is 6.57. The minimum Gasteiger partial charge on any atom is -0.480 e. The van der Waals surface area contributed by atoms with Crippen LogP contribution in [0, 0.1) is 6.92 Å². The van der Waals surface area contributed by atoms with Crippen molar-refractivity contribution in [2.75, 3.05) is 14.2 Å². The van der Waals surface area contributed by atoms with Gasteiger partial charge in [0.15, 0.2) is 5.82 Å². The first-order valence-corrected chi connectivity index (χ1v) is 8.62. The topological polar surface area (TPSA) is 111 Å². The lowest BCUT2D eigenvalue weighted by molar-refractivity contribution is -0.148. The van der Waals surface area contributed by atoms with Gasteiger partial charge in [0.2, 0.25) is 5.88 Å². The third-order valence-corrected chi connectivity index (χ3v) is 5.63. The standard InChI is InChI=1S/C16H19N3O5S/c1-8-10-13(24-3)17-9(7-23-2)18-14(10)25-11(8)12(20)19-16(15(21)22)5-4-6-16/h4-7H2,1-3H3,(H,19,20)(H,21,22). The molecule has 0 saturated heterocycles. The first kappa shape index (κ1) is 17.6. The van der Waals surface area contributed by atoms with Crippen LogP contribution in [-0.2, 0) is 16.1 Å². The zero-order valence-electron chi connectivity index (χ0n) is 14.2. The van der Waals surface area contributed by atoms with E-state index in [1.54, 1.807) is 14.0 Å². The highest BCUT2D eigenvalue weighted by molar-refractivity contribution is 7.20. The number of ether oxygens (including phenoxy) is 2. The number of carbonyl (C=O) groups excluding carboxylic acids is 1. The monoisotopic (exact) mass is 365 g/mol. The van der Waals surface area contributed by atoms with Gasteiger partial charge in [0.1, 0.15) is 17.0 Å². The van der Waals surface area contributed by atoms with Crippen LogP contribution in [-0.4, -0.2) is 46.7 Å². The van der Waals surface area contributed by atoms with E-state index in [9.17, 15) is 14.7 Å². The van der Waals surface area contributed by atoms with E-state index in [2.05, 4.69) is 15.3 Å². The smallest absolute Gasteiger partial charge is 0.329 e. The maximum absolute atomic E-state index is 12.7. The Morgan fingerprint density at radius 2 is 2.04 bits per heavy atom. The lowest BCUT2D eigenvalue weighted by Gasteiger charge is -2.38. The van der Waals surface area contributed by atoms with Crippen molar-refractivity contribution in [3.63, 3.8) is 0 Å². The van der Waals surface area contributed by atoms with E-state index >= 15 is 0 Å². The molecule has 1 aliphatic rings. The Balaban J connectivity index is 2.00. The Bertz CT molecular complexity index is 844. The second-order valence-corrected chi connectivity index (χ2v) is 7.01. The number of methoxy groups -OCH3 is 2. The third-order valence-electron chi connectivity index (χ3n) is 4.45. The van der Waals surface area contributed by atoms with Crippen LogP contribution in [0.5, 0.6) is 5.88 Å². The Morgan fingerprint density at radius 3 is 2.56 bits per heavy atom. The van der Waals surface area contributed by atoms with E-state index < -0.39 is 17.4 Å². The van der Waals surface area contributed by atoms with Crippen molar-refractivity contribution in [3.05, 3.63) is 16.3 Å². The van der Waals surface area contributed by atoms with Crippen molar-refractivity contribution >= 4 is 33.4 Å². The van der Waals surface area contributed by atoms with Crippen LogP contribution in [0.15, 0.2) is 0 Å². The van der Waals surface area contributed by atoms with Gasteiger partial charge in [-0.3, -0.25) is 4.79 Å². The number of fused-ring (bicyclic) bond motifs is 1. The minimum atomic E-state index is -1.16. The maximum Gasteiger partial charge on any atom is 0.329 e. The average Bonchev–Trinajstić information content (AvgIpc) is 2.87. The molecule has 134 valence electrons. The number of thiophene rings is 1. The zero-order valence-corrected chi connectivity index (χ0v) is 15.0. The van der Waals surface area contributed by atoms with Crippen LogP contribution >= 0.6 is 11.3 Å². The molecule has 1 aliphatic carbocycles. The van der Waals surface area contributed by atoms with Crippen molar-refractivity contribution in [2.45, 2.75) is 38.3 Å². The summed E-state index contributed by atoms with van der Waals surface area (Å²) in [5, 5.41) is 12.7. The lowest BCUT2D eigenvalue weighted by atomic mass is 9.76. The Hall–Kier alpha value is -2.26. The van der Waals surface area contributed by atoms with Crippen molar-refractivity contribution in [1.82, 2.24) is 15.3 Å². The molecule has 0 spiro atoms. The molecule has 2 aromatic heterocycles.